The van der Waals surface area contributed by atoms with Crippen LogP contribution in [0.3, 0.4) is 0 Å². The number of aliphatic hydroxyl groups excluding tert-OH is 1. The number of rotatable bonds is 70. The molecule has 0 fully saturated rings. The van der Waals surface area contributed by atoms with Crippen molar-refractivity contribution in [3.63, 3.8) is 0 Å². The summed E-state index contributed by atoms with van der Waals surface area (Å²) in [6, 6.07) is 0. The maximum atomic E-state index is 13.0. The van der Waals surface area contributed by atoms with Gasteiger partial charge in [0.2, 0.25) is 0 Å². The minimum absolute atomic E-state index is 0.0754. The summed E-state index contributed by atoms with van der Waals surface area (Å²) in [5.74, 6) is -2.23. The van der Waals surface area contributed by atoms with Crippen LogP contribution in [0.15, 0.2) is 72.9 Å². The number of phosphoric acid groups is 2. The van der Waals surface area contributed by atoms with Crippen molar-refractivity contribution in [3.8, 4) is 0 Å². The number of ether oxygens (including phenoxy) is 4. The van der Waals surface area contributed by atoms with Gasteiger partial charge in [-0.3, -0.25) is 37.3 Å². The number of hydrogen-bond acceptors (Lipinski definition) is 15. The van der Waals surface area contributed by atoms with Crippen molar-refractivity contribution in [1.82, 2.24) is 0 Å². The minimum Gasteiger partial charge on any atom is -0.462 e. The number of aliphatic hydroxyl groups is 1. The Kier molecular flexibility index (Phi) is 65.5. The third-order valence-corrected chi connectivity index (χ3v) is 17.6. The van der Waals surface area contributed by atoms with Gasteiger partial charge in [-0.1, -0.05) is 280 Å². The van der Waals surface area contributed by atoms with E-state index in [1.807, 2.05) is 12.2 Å². The van der Waals surface area contributed by atoms with Crippen LogP contribution in [-0.4, -0.2) is 96.7 Å². The van der Waals surface area contributed by atoms with Crippen molar-refractivity contribution in [2.24, 2.45) is 0 Å². The highest BCUT2D eigenvalue weighted by molar-refractivity contribution is 7.47. The van der Waals surface area contributed by atoms with Crippen LogP contribution in [0.2, 0.25) is 0 Å². The summed E-state index contributed by atoms with van der Waals surface area (Å²) in [6.07, 6.45) is 66.3. The molecule has 94 heavy (non-hydrogen) atoms. The fourth-order valence-electron chi connectivity index (χ4n) is 10.0. The van der Waals surface area contributed by atoms with Gasteiger partial charge in [-0.25, -0.2) is 9.13 Å². The molecular formula is C75H134O17P2. The van der Waals surface area contributed by atoms with E-state index in [-0.39, 0.29) is 25.7 Å². The monoisotopic (exact) mass is 1370 g/mol. The summed E-state index contributed by atoms with van der Waals surface area (Å²) in [6.45, 7) is 4.69. The van der Waals surface area contributed by atoms with Gasteiger partial charge in [0, 0.05) is 25.7 Å². The lowest BCUT2D eigenvalue weighted by molar-refractivity contribution is -0.161. The molecule has 0 radical (unpaired) electrons. The van der Waals surface area contributed by atoms with Crippen LogP contribution < -0.4 is 0 Å². The van der Waals surface area contributed by atoms with Crippen LogP contribution in [-0.2, 0) is 65.4 Å². The molecule has 3 N–H and O–H groups in total. The fourth-order valence-corrected chi connectivity index (χ4v) is 11.6. The van der Waals surface area contributed by atoms with Gasteiger partial charge in [-0.15, -0.1) is 0 Å². The molecule has 0 bridgehead atoms. The quantitative estimate of drug-likeness (QED) is 0.0169. The van der Waals surface area contributed by atoms with E-state index in [1.165, 1.54) is 122 Å². The Hall–Kier alpha value is -3.50. The maximum absolute atomic E-state index is 13.0. The zero-order valence-corrected chi connectivity index (χ0v) is 61.2. The Bertz CT molecular complexity index is 2070. The smallest absolute Gasteiger partial charge is 0.462 e. The first-order valence-corrected chi connectivity index (χ1v) is 40.2. The Balaban J connectivity index is 5.35. The molecule has 19 heteroatoms. The number of phosphoric ester groups is 2. The molecule has 0 aliphatic carbocycles. The Labute approximate surface area is 571 Å². The van der Waals surface area contributed by atoms with Crippen molar-refractivity contribution >= 4 is 39.5 Å². The normalized spacial score (nSPS) is 14.4. The van der Waals surface area contributed by atoms with Crippen LogP contribution in [0.1, 0.15) is 323 Å². The van der Waals surface area contributed by atoms with E-state index in [0.717, 1.165) is 116 Å². The zero-order valence-electron chi connectivity index (χ0n) is 59.4. The van der Waals surface area contributed by atoms with Gasteiger partial charge in [0.25, 0.3) is 0 Å². The summed E-state index contributed by atoms with van der Waals surface area (Å²) in [5, 5.41) is 10.6. The van der Waals surface area contributed by atoms with Crippen LogP contribution in [0.4, 0.5) is 0 Å². The molecule has 546 valence electrons. The molecule has 0 spiro atoms. The van der Waals surface area contributed by atoms with E-state index >= 15 is 0 Å². The Morgan fingerprint density at radius 3 is 0.904 bits per heavy atom. The average molecular weight is 1370 g/mol. The molecule has 0 aromatic carbocycles. The highest BCUT2D eigenvalue weighted by atomic mass is 31.2. The second-order valence-electron chi connectivity index (χ2n) is 24.9. The summed E-state index contributed by atoms with van der Waals surface area (Å²) >= 11 is 0. The van der Waals surface area contributed by atoms with E-state index in [9.17, 15) is 43.2 Å². The zero-order chi connectivity index (χ0) is 69.0. The van der Waals surface area contributed by atoms with E-state index in [0.29, 0.717) is 32.1 Å². The van der Waals surface area contributed by atoms with Gasteiger partial charge in [-0.05, 0) is 89.9 Å². The number of allylic oxidation sites excluding steroid dienone is 12. The number of hydrogen-bond donors (Lipinski definition) is 3. The molecule has 0 saturated heterocycles. The first-order chi connectivity index (χ1) is 45.7. The Morgan fingerprint density at radius 1 is 0.309 bits per heavy atom. The molecule has 0 amide bonds. The second-order valence-corrected chi connectivity index (χ2v) is 27.8. The predicted octanol–water partition coefficient (Wildman–Crippen LogP) is 20.9. The molecular weight excluding hydrogens is 1230 g/mol. The van der Waals surface area contributed by atoms with Gasteiger partial charge in [-0.2, -0.15) is 0 Å². The number of esters is 4. The van der Waals surface area contributed by atoms with Crippen molar-refractivity contribution < 1.29 is 80.2 Å². The topological polar surface area (TPSA) is 237 Å². The van der Waals surface area contributed by atoms with E-state index in [4.69, 9.17) is 37.0 Å². The molecule has 17 nitrogen and oxygen atoms in total. The van der Waals surface area contributed by atoms with E-state index in [1.54, 1.807) is 0 Å². The third kappa shape index (κ3) is 67.1. The summed E-state index contributed by atoms with van der Waals surface area (Å²) in [5.41, 5.74) is 0. The van der Waals surface area contributed by atoms with Crippen molar-refractivity contribution in [3.05, 3.63) is 72.9 Å². The summed E-state index contributed by atoms with van der Waals surface area (Å²) in [7, 11) is -9.94. The van der Waals surface area contributed by atoms with E-state index in [2.05, 4.69) is 88.5 Å². The summed E-state index contributed by atoms with van der Waals surface area (Å²) < 4.78 is 68.3. The third-order valence-electron chi connectivity index (χ3n) is 15.7. The van der Waals surface area contributed by atoms with Gasteiger partial charge < -0.3 is 33.8 Å². The van der Waals surface area contributed by atoms with Gasteiger partial charge in [0.05, 0.1) is 26.4 Å². The molecule has 0 aliphatic rings. The lowest BCUT2D eigenvalue weighted by Gasteiger charge is -2.21. The lowest BCUT2D eigenvalue weighted by atomic mass is 10.1. The predicted molar refractivity (Wildman–Crippen MR) is 381 cm³/mol. The van der Waals surface area contributed by atoms with Crippen molar-refractivity contribution in [2.75, 3.05) is 39.6 Å². The second kappa shape index (κ2) is 68.0. The molecule has 5 unspecified atom stereocenters. The van der Waals surface area contributed by atoms with Crippen LogP contribution in [0, 0.1) is 0 Å². The number of carbonyl (C=O) groups is 4. The first kappa shape index (κ1) is 90.5. The largest absolute Gasteiger partial charge is 0.472 e. The minimum atomic E-state index is -4.98. The lowest BCUT2D eigenvalue weighted by Crippen LogP contribution is -2.30. The molecule has 0 aromatic rings. The SMILES string of the molecule is CC/C=C\C/C=C\C/C=C\C/C=C\C/C=C\CCCC(=O)OCC(COP(=O)(O)OCC(O)COP(=O)(O)OCC(COC(=O)CCCCCCCCCCCCC)OC(=O)CCCCCCCCCCCCC)OC(=O)CCCCCCC/C=C\CCCCCCCC. The van der Waals surface area contributed by atoms with Crippen LogP contribution in [0.5, 0.6) is 0 Å². The van der Waals surface area contributed by atoms with Crippen molar-refractivity contribution in [1.29, 1.82) is 0 Å². The molecule has 0 saturated carbocycles. The molecule has 5 atom stereocenters. The first-order valence-electron chi connectivity index (χ1n) is 37.2. The van der Waals surface area contributed by atoms with Gasteiger partial charge in [0.15, 0.2) is 12.2 Å². The average Bonchev–Trinajstić information content (AvgIpc) is 1.29. The molecule has 0 aromatic heterocycles. The van der Waals surface area contributed by atoms with Gasteiger partial charge >= 0.3 is 39.5 Å². The fraction of sp³-hybridized carbons (Fsp3) is 0.787. The Morgan fingerprint density at radius 2 is 0.564 bits per heavy atom. The van der Waals surface area contributed by atoms with Crippen molar-refractivity contribution in [2.45, 2.75) is 341 Å². The molecule has 0 rings (SSSR count). The maximum Gasteiger partial charge on any atom is 0.472 e. The molecule has 0 aliphatic heterocycles. The highest BCUT2D eigenvalue weighted by Gasteiger charge is 2.30. The van der Waals surface area contributed by atoms with Crippen LogP contribution >= 0.6 is 15.6 Å². The standard InChI is InChI=1S/C75H134O17P2/c1-5-9-13-17-21-25-29-31-33-34-36-37-41-44-48-52-56-60-73(78)86-66-71(92-75(80)62-58-54-50-46-42-38-35-32-30-26-22-18-14-10-6-2)68-90-94(83,84)88-64-69(76)63-87-93(81,82)89-67-70(91-74(79)61-57-53-49-45-40-28-24-20-16-12-8-4)65-85-72(77)59-55-51-47-43-39-27-23-19-15-11-7-3/h9,13,21,25,31-33,35-37,44,48,69-71,76H,5-8,10-12,14-20,22-24,26-30,34,38-43,45-47,49-68H2,1-4H3,(H,81,82)(H,83,84)/b13-9-,25-21-,33-31-,35-32-,37-36-,48-44-. The van der Waals surface area contributed by atoms with Crippen LogP contribution in [0.25, 0.3) is 0 Å². The highest BCUT2D eigenvalue weighted by Crippen LogP contribution is 2.45. The van der Waals surface area contributed by atoms with Gasteiger partial charge in [0.1, 0.15) is 19.3 Å². The number of carbonyl (C=O) groups excluding carboxylic acids is 4. The summed E-state index contributed by atoms with van der Waals surface area (Å²) in [4.78, 5) is 72.6. The van der Waals surface area contributed by atoms with E-state index < -0.39 is 97.5 Å². The number of unbranched alkanes of at least 4 members (excludes halogenated alkanes) is 32. The molecule has 0 heterocycles.